The molecule has 1 rings (SSSR count). The summed E-state index contributed by atoms with van der Waals surface area (Å²) in [4.78, 5) is 19.5. The summed E-state index contributed by atoms with van der Waals surface area (Å²) in [6.07, 6.45) is 3.58. The number of esters is 1. The number of hydrogen-bond donors (Lipinski definition) is 0. The van der Waals surface area contributed by atoms with E-state index in [-0.39, 0.29) is 5.97 Å². The third-order valence-electron chi connectivity index (χ3n) is 3.13. The highest BCUT2D eigenvalue weighted by Gasteiger charge is 2.21. The van der Waals surface area contributed by atoms with E-state index in [1.54, 1.807) is 11.3 Å². The van der Waals surface area contributed by atoms with Crippen LogP contribution in [0.3, 0.4) is 0 Å². The standard InChI is InChI=1S/C15H26N2O2S/c1-6-8-9-10-17(11(3)4)15-16-13(12(5)20-15)14(18)19-7-2/h11H,6-10H2,1-5H3. The van der Waals surface area contributed by atoms with Gasteiger partial charge in [-0.3, -0.25) is 0 Å². The van der Waals surface area contributed by atoms with Crippen LogP contribution in [0.2, 0.25) is 0 Å². The van der Waals surface area contributed by atoms with E-state index >= 15 is 0 Å². The molecule has 0 bridgehead atoms. The number of aryl methyl sites for hydroxylation is 1. The lowest BCUT2D eigenvalue weighted by Gasteiger charge is -2.26. The molecule has 0 spiro atoms. The number of anilines is 1. The van der Waals surface area contributed by atoms with Gasteiger partial charge in [-0.2, -0.15) is 0 Å². The maximum atomic E-state index is 11.8. The van der Waals surface area contributed by atoms with Gasteiger partial charge in [0.05, 0.1) is 6.61 Å². The summed E-state index contributed by atoms with van der Waals surface area (Å²) in [5.74, 6) is -0.315. The summed E-state index contributed by atoms with van der Waals surface area (Å²) < 4.78 is 5.05. The Kier molecular flexibility index (Phi) is 6.99. The number of nitrogens with zero attached hydrogens (tertiary/aromatic N) is 2. The Balaban J connectivity index is 2.86. The van der Waals surface area contributed by atoms with E-state index in [1.807, 2.05) is 13.8 Å². The van der Waals surface area contributed by atoms with Crippen molar-refractivity contribution >= 4 is 22.4 Å². The first-order valence-corrected chi connectivity index (χ1v) is 8.24. The molecule has 20 heavy (non-hydrogen) atoms. The maximum Gasteiger partial charge on any atom is 0.358 e. The first kappa shape index (κ1) is 17.0. The molecular formula is C15H26N2O2S. The normalized spacial score (nSPS) is 10.9. The van der Waals surface area contributed by atoms with Crippen LogP contribution >= 0.6 is 11.3 Å². The van der Waals surface area contributed by atoms with Crippen molar-refractivity contribution in [1.29, 1.82) is 0 Å². The highest BCUT2D eigenvalue weighted by atomic mass is 32.1. The van der Waals surface area contributed by atoms with E-state index in [2.05, 4.69) is 30.7 Å². The number of hydrogen-bond acceptors (Lipinski definition) is 5. The molecule has 0 saturated heterocycles. The molecule has 1 aromatic rings. The van der Waals surface area contributed by atoms with Gasteiger partial charge in [0.1, 0.15) is 0 Å². The van der Waals surface area contributed by atoms with Gasteiger partial charge in [-0.15, -0.1) is 11.3 Å². The second kappa shape index (κ2) is 8.25. The Hall–Kier alpha value is -1.10. The summed E-state index contributed by atoms with van der Waals surface area (Å²) in [6.45, 7) is 11.6. The molecule has 0 aliphatic heterocycles. The van der Waals surface area contributed by atoms with E-state index in [9.17, 15) is 4.79 Å². The summed E-state index contributed by atoms with van der Waals surface area (Å²) in [6, 6.07) is 0.382. The Morgan fingerprint density at radius 3 is 2.60 bits per heavy atom. The van der Waals surface area contributed by atoms with Gasteiger partial charge < -0.3 is 9.64 Å². The van der Waals surface area contributed by atoms with Gasteiger partial charge in [-0.25, -0.2) is 9.78 Å². The largest absolute Gasteiger partial charge is 0.461 e. The number of carbonyl (C=O) groups is 1. The van der Waals surface area contributed by atoms with Crippen molar-refractivity contribution < 1.29 is 9.53 Å². The van der Waals surface area contributed by atoms with Gasteiger partial charge in [0, 0.05) is 17.5 Å². The Bertz CT molecular complexity index is 430. The van der Waals surface area contributed by atoms with Gasteiger partial charge in [0.25, 0.3) is 0 Å². The average molecular weight is 298 g/mol. The number of ether oxygens (including phenoxy) is 1. The average Bonchev–Trinajstić information content (AvgIpc) is 2.76. The van der Waals surface area contributed by atoms with E-state index in [0.717, 1.165) is 23.0 Å². The molecule has 4 nitrogen and oxygen atoms in total. The van der Waals surface area contributed by atoms with Crippen LogP contribution in [0.1, 0.15) is 62.3 Å². The van der Waals surface area contributed by atoms with Crippen molar-refractivity contribution in [2.45, 2.75) is 59.9 Å². The van der Waals surface area contributed by atoms with Crippen LogP contribution in [0.5, 0.6) is 0 Å². The fourth-order valence-electron chi connectivity index (χ4n) is 2.00. The van der Waals surface area contributed by atoms with Gasteiger partial charge in [-0.05, 0) is 34.1 Å². The van der Waals surface area contributed by atoms with Crippen molar-refractivity contribution in [2.75, 3.05) is 18.1 Å². The fourth-order valence-corrected chi connectivity index (χ4v) is 3.06. The Morgan fingerprint density at radius 1 is 1.35 bits per heavy atom. The number of rotatable bonds is 8. The summed E-state index contributed by atoms with van der Waals surface area (Å²) in [7, 11) is 0. The molecule has 0 amide bonds. The Labute approximate surface area is 126 Å². The Morgan fingerprint density at radius 2 is 2.05 bits per heavy atom. The van der Waals surface area contributed by atoms with Gasteiger partial charge in [-0.1, -0.05) is 19.8 Å². The molecule has 0 N–H and O–H groups in total. The minimum atomic E-state index is -0.315. The van der Waals surface area contributed by atoms with Crippen molar-refractivity contribution in [2.24, 2.45) is 0 Å². The van der Waals surface area contributed by atoms with E-state index in [4.69, 9.17) is 4.74 Å². The molecule has 0 saturated carbocycles. The van der Waals surface area contributed by atoms with Crippen molar-refractivity contribution in [3.05, 3.63) is 10.6 Å². The molecular weight excluding hydrogens is 272 g/mol. The highest BCUT2D eigenvalue weighted by molar-refractivity contribution is 7.15. The van der Waals surface area contributed by atoms with Crippen LogP contribution < -0.4 is 4.90 Å². The van der Waals surface area contributed by atoms with Crippen LogP contribution in [-0.2, 0) is 4.74 Å². The first-order chi connectivity index (χ1) is 9.51. The molecule has 5 heteroatoms. The third kappa shape index (κ3) is 4.47. The van der Waals surface area contributed by atoms with Gasteiger partial charge >= 0.3 is 5.97 Å². The second-order valence-corrected chi connectivity index (χ2v) is 6.30. The molecule has 114 valence electrons. The quantitative estimate of drug-likeness (QED) is 0.537. The van der Waals surface area contributed by atoms with Crippen LogP contribution in [0.4, 0.5) is 5.13 Å². The van der Waals surface area contributed by atoms with Crippen LogP contribution in [0.15, 0.2) is 0 Å². The van der Waals surface area contributed by atoms with E-state index < -0.39 is 0 Å². The maximum absolute atomic E-state index is 11.8. The van der Waals surface area contributed by atoms with Crippen molar-refractivity contribution in [3.8, 4) is 0 Å². The van der Waals surface area contributed by atoms with Crippen LogP contribution in [-0.4, -0.2) is 30.1 Å². The zero-order chi connectivity index (χ0) is 15.1. The SMILES string of the molecule is CCCCCN(c1nc(C(=O)OCC)c(C)s1)C(C)C. The number of carbonyl (C=O) groups excluding carboxylic acids is 1. The van der Waals surface area contributed by atoms with Crippen LogP contribution in [0, 0.1) is 6.92 Å². The monoisotopic (exact) mass is 298 g/mol. The molecule has 0 aliphatic rings. The van der Waals surface area contributed by atoms with Crippen LogP contribution in [0.25, 0.3) is 0 Å². The lowest BCUT2D eigenvalue weighted by Crippen LogP contribution is -2.31. The minimum absolute atomic E-state index is 0.315. The van der Waals surface area contributed by atoms with E-state index in [1.165, 1.54) is 12.8 Å². The predicted molar refractivity (Wildman–Crippen MR) is 84.8 cm³/mol. The summed E-state index contributed by atoms with van der Waals surface area (Å²) >= 11 is 1.58. The molecule has 0 unspecified atom stereocenters. The van der Waals surface area contributed by atoms with Gasteiger partial charge in [0.2, 0.25) is 0 Å². The molecule has 0 aromatic carbocycles. The lowest BCUT2D eigenvalue weighted by atomic mass is 10.2. The van der Waals surface area contributed by atoms with Crippen molar-refractivity contribution in [1.82, 2.24) is 4.98 Å². The topological polar surface area (TPSA) is 42.4 Å². The number of thiazole rings is 1. The second-order valence-electron chi connectivity index (χ2n) is 5.12. The molecule has 1 heterocycles. The smallest absolute Gasteiger partial charge is 0.358 e. The summed E-state index contributed by atoms with van der Waals surface area (Å²) in [5, 5.41) is 0.927. The van der Waals surface area contributed by atoms with Gasteiger partial charge in [0.15, 0.2) is 10.8 Å². The molecule has 0 fully saturated rings. The lowest BCUT2D eigenvalue weighted by molar-refractivity contribution is 0.0519. The molecule has 0 aliphatic carbocycles. The zero-order valence-corrected chi connectivity index (χ0v) is 14.0. The zero-order valence-electron chi connectivity index (χ0n) is 13.2. The first-order valence-electron chi connectivity index (χ1n) is 7.42. The summed E-state index contributed by atoms with van der Waals surface area (Å²) in [5.41, 5.74) is 0.466. The number of aromatic nitrogens is 1. The van der Waals surface area contributed by atoms with E-state index in [0.29, 0.717) is 18.3 Å². The molecule has 0 atom stereocenters. The third-order valence-corrected chi connectivity index (χ3v) is 4.13. The predicted octanol–water partition coefficient (Wildman–Crippen LogP) is 4.03. The fraction of sp³-hybridized carbons (Fsp3) is 0.733. The number of unbranched alkanes of at least 4 members (excludes halogenated alkanes) is 2. The molecule has 1 aromatic heterocycles. The minimum Gasteiger partial charge on any atom is -0.461 e. The highest BCUT2D eigenvalue weighted by Crippen LogP contribution is 2.28. The van der Waals surface area contributed by atoms with Crippen molar-refractivity contribution in [3.63, 3.8) is 0 Å². The molecule has 0 radical (unpaired) electrons.